The van der Waals surface area contributed by atoms with Crippen LogP contribution in [0.3, 0.4) is 0 Å². The van der Waals surface area contributed by atoms with Crippen molar-refractivity contribution in [1.82, 2.24) is 0 Å². The summed E-state index contributed by atoms with van der Waals surface area (Å²) in [6.45, 7) is 28.7. The van der Waals surface area contributed by atoms with Gasteiger partial charge in [0.25, 0.3) is 0 Å². The van der Waals surface area contributed by atoms with Crippen LogP contribution >= 0.6 is 0 Å². The minimum Gasteiger partial charge on any atom is -0.489 e. The Balaban J connectivity index is 2.68. The quantitative estimate of drug-likeness (QED) is 0.404. The standard InChI is InChI=1S/C25H42OSi/c1-12-13-26-23-21(25(7,8)9)14-16(2)15-22(23)27(10,11)24-19(5)17(3)18(4)20(24)6/h12,14-15,17-20,24H,1,13H2,2-11H3. The third-order valence-electron chi connectivity index (χ3n) is 7.54. The van der Waals surface area contributed by atoms with Crippen molar-refractivity contribution in [2.24, 2.45) is 23.7 Å². The molecule has 2 rings (SSSR count). The maximum Gasteiger partial charge on any atom is 0.122 e. The van der Waals surface area contributed by atoms with E-state index in [1.54, 1.807) is 0 Å². The summed E-state index contributed by atoms with van der Waals surface area (Å²) in [6, 6.07) is 4.77. The molecule has 4 unspecified atom stereocenters. The number of rotatable bonds is 5. The summed E-state index contributed by atoms with van der Waals surface area (Å²) >= 11 is 0. The second-order valence-corrected chi connectivity index (χ2v) is 15.4. The number of aryl methyl sites for hydroxylation is 1. The predicted octanol–water partition coefficient (Wildman–Crippen LogP) is 6.70. The van der Waals surface area contributed by atoms with Crippen molar-refractivity contribution in [3.63, 3.8) is 0 Å². The monoisotopic (exact) mass is 386 g/mol. The summed E-state index contributed by atoms with van der Waals surface area (Å²) in [6.07, 6.45) is 1.87. The fourth-order valence-electron chi connectivity index (χ4n) is 5.69. The molecule has 0 radical (unpaired) electrons. The first-order valence-corrected chi connectivity index (χ1v) is 13.8. The molecular formula is C25H42OSi. The molecule has 152 valence electrons. The topological polar surface area (TPSA) is 9.23 Å². The van der Waals surface area contributed by atoms with Crippen LogP contribution in [-0.4, -0.2) is 14.7 Å². The molecule has 0 aliphatic heterocycles. The second kappa shape index (κ2) is 7.77. The van der Waals surface area contributed by atoms with Crippen LogP contribution in [0, 0.1) is 30.6 Å². The van der Waals surface area contributed by atoms with Crippen molar-refractivity contribution < 1.29 is 4.74 Å². The molecule has 2 heteroatoms. The lowest BCUT2D eigenvalue weighted by Crippen LogP contribution is -2.50. The van der Waals surface area contributed by atoms with E-state index in [0.29, 0.717) is 6.61 Å². The second-order valence-electron chi connectivity index (χ2n) is 10.7. The highest BCUT2D eigenvalue weighted by Crippen LogP contribution is 2.54. The van der Waals surface area contributed by atoms with Crippen LogP contribution < -0.4 is 9.92 Å². The van der Waals surface area contributed by atoms with Crippen molar-refractivity contribution in [2.75, 3.05) is 6.61 Å². The Labute approximate surface area is 169 Å². The third-order valence-corrected chi connectivity index (χ3v) is 12.0. The van der Waals surface area contributed by atoms with Gasteiger partial charge in [-0.1, -0.05) is 91.9 Å². The zero-order chi connectivity index (χ0) is 20.7. The molecule has 1 fully saturated rings. The van der Waals surface area contributed by atoms with E-state index in [9.17, 15) is 0 Å². The van der Waals surface area contributed by atoms with E-state index in [-0.39, 0.29) is 5.41 Å². The van der Waals surface area contributed by atoms with Crippen LogP contribution in [0.15, 0.2) is 24.8 Å². The van der Waals surface area contributed by atoms with Gasteiger partial charge in [-0.2, -0.15) is 0 Å². The number of hydrogen-bond acceptors (Lipinski definition) is 1. The summed E-state index contributed by atoms with van der Waals surface area (Å²) in [5.74, 6) is 4.27. The smallest absolute Gasteiger partial charge is 0.122 e. The molecule has 0 amide bonds. The molecule has 0 aromatic heterocycles. The molecule has 4 atom stereocenters. The van der Waals surface area contributed by atoms with Crippen molar-refractivity contribution in [3.05, 3.63) is 35.9 Å². The van der Waals surface area contributed by atoms with Gasteiger partial charge in [-0.3, -0.25) is 0 Å². The molecule has 27 heavy (non-hydrogen) atoms. The predicted molar refractivity (Wildman–Crippen MR) is 123 cm³/mol. The Morgan fingerprint density at radius 1 is 1.00 bits per heavy atom. The number of ether oxygens (including phenoxy) is 1. The molecule has 0 N–H and O–H groups in total. The minimum atomic E-state index is -1.75. The van der Waals surface area contributed by atoms with Gasteiger partial charge in [-0.15, -0.1) is 0 Å². The Hall–Kier alpha value is -1.02. The van der Waals surface area contributed by atoms with Crippen LogP contribution in [0.1, 0.15) is 59.6 Å². The average Bonchev–Trinajstić information content (AvgIpc) is 2.75. The average molecular weight is 387 g/mol. The Morgan fingerprint density at radius 3 is 1.96 bits per heavy atom. The molecule has 1 aromatic rings. The Bertz CT molecular complexity index is 668. The van der Waals surface area contributed by atoms with Crippen molar-refractivity contribution in [1.29, 1.82) is 0 Å². The highest BCUT2D eigenvalue weighted by molar-refractivity contribution is 6.91. The van der Waals surface area contributed by atoms with Crippen molar-refractivity contribution in [3.8, 4) is 5.75 Å². The van der Waals surface area contributed by atoms with Gasteiger partial charge in [0.2, 0.25) is 0 Å². The Kier molecular flexibility index (Phi) is 6.41. The molecule has 1 aliphatic rings. The zero-order valence-corrected chi connectivity index (χ0v) is 20.4. The van der Waals surface area contributed by atoms with Crippen LogP contribution in [0.5, 0.6) is 5.75 Å². The number of benzene rings is 1. The van der Waals surface area contributed by atoms with Crippen LogP contribution in [0.4, 0.5) is 0 Å². The fourth-order valence-corrected chi connectivity index (χ4v) is 10.7. The van der Waals surface area contributed by atoms with Crippen molar-refractivity contribution >= 4 is 13.3 Å². The van der Waals surface area contributed by atoms with E-state index in [4.69, 9.17) is 4.74 Å². The largest absolute Gasteiger partial charge is 0.489 e. The third kappa shape index (κ3) is 4.06. The van der Waals surface area contributed by atoms with Crippen LogP contribution in [-0.2, 0) is 5.41 Å². The van der Waals surface area contributed by atoms with E-state index in [1.165, 1.54) is 16.3 Å². The molecule has 0 saturated heterocycles. The van der Waals surface area contributed by atoms with Gasteiger partial charge in [0, 0.05) is 0 Å². The normalized spacial score (nSPS) is 29.0. The summed E-state index contributed by atoms with van der Waals surface area (Å²) < 4.78 is 6.39. The summed E-state index contributed by atoms with van der Waals surface area (Å²) in [7, 11) is -1.75. The van der Waals surface area contributed by atoms with E-state index in [0.717, 1.165) is 35.0 Å². The molecule has 1 saturated carbocycles. The summed E-state index contributed by atoms with van der Waals surface area (Å²) in [5, 5.41) is 1.51. The Morgan fingerprint density at radius 2 is 1.52 bits per heavy atom. The lowest BCUT2D eigenvalue weighted by atomic mass is 9.85. The molecule has 0 spiro atoms. The fraction of sp³-hybridized carbons (Fsp3) is 0.680. The maximum atomic E-state index is 6.39. The van der Waals surface area contributed by atoms with Gasteiger partial charge in [0.05, 0.1) is 8.07 Å². The minimum absolute atomic E-state index is 0.0647. The molecular weight excluding hydrogens is 344 g/mol. The highest BCUT2D eigenvalue weighted by atomic mass is 28.3. The first-order chi connectivity index (χ1) is 12.3. The van der Waals surface area contributed by atoms with E-state index in [2.05, 4.69) is 87.2 Å². The van der Waals surface area contributed by atoms with Crippen LogP contribution in [0.2, 0.25) is 18.6 Å². The van der Waals surface area contributed by atoms with Gasteiger partial charge in [0.1, 0.15) is 12.4 Å². The maximum absolute atomic E-state index is 6.39. The zero-order valence-electron chi connectivity index (χ0n) is 19.4. The van der Waals surface area contributed by atoms with Gasteiger partial charge in [0.15, 0.2) is 0 Å². The van der Waals surface area contributed by atoms with E-state index < -0.39 is 8.07 Å². The summed E-state index contributed by atoms with van der Waals surface area (Å²) in [5.41, 5.74) is 3.55. The van der Waals surface area contributed by atoms with Gasteiger partial charge in [-0.25, -0.2) is 0 Å². The lowest BCUT2D eigenvalue weighted by molar-refractivity contribution is 0.352. The first kappa shape index (κ1) is 22.3. The SMILES string of the molecule is C=CCOc1c(C(C)(C)C)cc(C)cc1[Si](C)(C)C1C(C)C(C)C(C)C1C. The lowest BCUT2D eigenvalue weighted by Gasteiger charge is -2.39. The van der Waals surface area contributed by atoms with E-state index in [1.807, 2.05) is 6.08 Å². The van der Waals surface area contributed by atoms with Crippen molar-refractivity contribution in [2.45, 2.75) is 79.4 Å². The van der Waals surface area contributed by atoms with Gasteiger partial charge in [-0.05, 0) is 52.3 Å². The molecule has 0 heterocycles. The molecule has 1 aliphatic carbocycles. The first-order valence-electron chi connectivity index (χ1n) is 10.7. The molecule has 1 aromatic carbocycles. The summed E-state index contributed by atoms with van der Waals surface area (Å²) in [4.78, 5) is 0. The highest BCUT2D eigenvalue weighted by Gasteiger charge is 2.51. The molecule has 1 nitrogen and oxygen atoms in total. The molecule has 0 bridgehead atoms. The van der Waals surface area contributed by atoms with Gasteiger partial charge < -0.3 is 4.74 Å². The number of hydrogen-bond donors (Lipinski definition) is 0. The van der Waals surface area contributed by atoms with E-state index >= 15 is 0 Å². The van der Waals surface area contributed by atoms with Crippen LogP contribution in [0.25, 0.3) is 0 Å². The van der Waals surface area contributed by atoms with Gasteiger partial charge >= 0.3 is 0 Å².